The van der Waals surface area contributed by atoms with E-state index in [1.54, 1.807) is 0 Å². The Morgan fingerprint density at radius 3 is 2.38 bits per heavy atom. The van der Waals surface area contributed by atoms with Crippen molar-refractivity contribution in [2.24, 2.45) is 0 Å². The molecule has 0 radical (unpaired) electrons. The van der Waals surface area contributed by atoms with Gasteiger partial charge in [-0.25, -0.2) is 0 Å². The van der Waals surface area contributed by atoms with Crippen LogP contribution in [0.1, 0.15) is 82.1 Å². The molecule has 1 heterocycles. The third-order valence-electron chi connectivity index (χ3n) is 5.85. The maximum atomic E-state index is 10.3. The van der Waals surface area contributed by atoms with E-state index < -0.39 is 0 Å². The van der Waals surface area contributed by atoms with Gasteiger partial charge in [0.15, 0.2) is 0 Å². The van der Waals surface area contributed by atoms with Crippen molar-refractivity contribution in [1.82, 2.24) is 0 Å². The van der Waals surface area contributed by atoms with Crippen LogP contribution in [0.4, 0.5) is 0 Å². The minimum absolute atomic E-state index is 0.121. The molecule has 0 aromatic heterocycles. The number of phenols is 1. The third kappa shape index (κ3) is 4.72. The predicted octanol–water partition coefficient (Wildman–Crippen LogP) is 6.87. The van der Waals surface area contributed by atoms with Gasteiger partial charge in [-0.1, -0.05) is 23.3 Å². The molecule has 2 rings (SSSR count). The van der Waals surface area contributed by atoms with Crippen molar-refractivity contribution in [3.05, 3.63) is 45.6 Å². The highest BCUT2D eigenvalue weighted by atomic mass is 16.5. The van der Waals surface area contributed by atoms with Gasteiger partial charge >= 0.3 is 0 Å². The molecule has 0 amide bonds. The Balaban J connectivity index is 2.04. The highest BCUT2D eigenvalue weighted by Gasteiger charge is 2.33. The lowest BCUT2D eigenvalue weighted by Crippen LogP contribution is -2.37. The highest BCUT2D eigenvalue weighted by molar-refractivity contribution is 5.58. The molecule has 0 unspecified atom stereocenters. The molecule has 1 aliphatic heterocycles. The summed E-state index contributed by atoms with van der Waals surface area (Å²) in [5.74, 6) is 1.44. The molecular weight excluding hydrogens is 320 g/mol. The molecule has 0 fully saturated rings. The van der Waals surface area contributed by atoms with E-state index in [-0.39, 0.29) is 5.60 Å². The van der Waals surface area contributed by atoms with E-state index in [0.29, 0.717) is 5.75 Å². The average molecular weight is 357 g/mol. The molecule has 144 valence electrons. The number of allylic oxidation sites excluding steroid dienone is 4. The van der Waals surface area contributed by atoms with Gasteiger partial charge in [0.1, 0.15) is 17.1 Å². The topological polar surface area (TPSA) is 29.5 Å². The van der Waals surface area contributed by atoms with Crippen LogP contribution >= 0.6 is 0 Å². The van der Waals surface area contributed by atoms with Crippen LogP contribution in [0.25, 0.3) is 0 Å². The fraction of sp³-hybridized carbons (Fsp3) is 0.583. The predicted molar refractivity (Wildman–Crippen MR) is 111 cm³/mol. The first-order valence-corrected chi connectivity index (χ1v) is 9.94. The van der Waals surface area contributed by atoms with Crippen LogP contribution in [0.2, 0.25) is 0 Å². The average Bonchev–Trinajstić information content (AvgIpc) is 2.57. The fourth-order valence-electron chi connectivity index (χ4n) is 3.79. The second-order valence-corrected chi connectivity index (χ2v) is 8.49. The molecule has 1 aliphatic rings. The van der Waals surface area contributed by atoms with Gasteiger partial charge in [0.05, 0.1) is 0 Å². The van der Waals surface area contributed by atoms with Crippen molar-refractivity contribution >= 4 is 0 Å². The highest BCUT2D eigenvalue weighted by Crippen LogP contribution is 2.44. The number of rotatable bonds is 6. The number of hydrogen-bond donors (Lipinski definition) is 1. The Labute approximate surface area is 160 Å². The summed E-state index contributed by atoms with van der Waals surface area (Å²) in [5, 5.41) is 10.3. The number of fused-ring (bicyclic) bond motifs is 1. The second-order valence-electron chi connectivity index (χ2n) is 8.49. The lowest BCUT2D eigenvalue weighted by molar-refractivity contribution is 0.0558. The van der Waals surface area contributed by atoms with Crippen LogP contribution in [0.15, 0.2) is 23.3 Å². The van der Waals surface area contributed by atoms with E-state index in [9.17, 15) is 5.11 Å². The van der Waals surface area contributed by atoms with E-state index in [1.165, 1.54) is 16.7 Å². The first-order chi connectivity index (χ1) is 12.1. The standard InChI is InChI=1S/C24H36O2/c1-16(2)10-8-11-17(3)12-9-14-24(7)15-13-21-20(6)22(25)18(4)19(5)23(21)26-24/h10,12,25H,8-9,11,13-15H2,1-7H3/t24-/m0/s1. The van der Waals surface area contributed by atoms with Crippen molar-refractivity contribution in [1.29, 1.82) is 0 Å². The number of benzene rings is 1. The smallest absolute Gasteiger partial charge is 0.127 e. The first kappa shape index (κ1) is 20.6. The van der Waals surface area contributed by atoms with Crippen LogP contribution < -0.4 is 4.74 Å². The number of phenolic OH excluding ortho intramolecular Hbond substituents is 1. The fourth-order valence-corrected chi connectivity index (χ4v) is 3.79. The van der Waals surface area contributed by atoms with Gasteiger partial charge in [-0.2, -0.15) is 0 Å². The summed E-state index contributed by atoms with van der Waals surface area (Å²) in [4.78, 5) is 0. The Hall–Kier alpha value is -1.70. The Kier molecular flexibility index (Phi) is 6.60. The van der Waals surface area contributed by atoms with Gasteiger partial charge in [-0.15, -0.1) is 0 Å². The largest absolute Gasteiger partial charge is 0.507 e. The molecule has 0 saturated carbocycles. The van der Waals surface area contributed by atoms with E-state index in [2.05, 4.69) is 46.8 Å². The van der Waals surface area contributed by atoms with Crippen molar-refractivity contribution in [3.63, 3.8) is 0 Å². The monoisotopic (exact) mass is 356 g/mol. The molecule has 0 bridgehead atoms. The van der Waals surface area contributed by atoms with Crippen LogP contribution in [0, 0.1) is 20.8 Å². The quantitative estimate of drug-likeness (QED) is 0.563. The van der Waals surface area contributed by atoms with Crippen molar-refractivity contribution in [2.45, 2.75) is 92.6 Å². The van der Waals surface area contributed by atoms with Crippen LogP contribution in [0.5, 0.6) is 11.5 Å². The zero-order chi connectivity index (χ0) is 19.5. The summed E-state index contributed by atoms with van der Waals surface area (Å²) in [6.07, 6.45) is 11.0. The number of ether oxygens (including phenoxy) is 1. The molecule has 26 heavy (non-hydrogen) atoms. The van der Waals surface area contributed by atoms with E-state index in [1.807, 2.05) is 13.8 Å². The summed E-state index contributed by atoms with van der Waals surface area (Å²) in [7, 11) is 0. The maximum Gasteiger partial charge on any atom is 0.127 e. The lowest BCUT2D eigenvalue weighted by atomic mass is 9.85. The molecule has 1 atom stereocenters. The van der Waals surface area contributed by atoms with E-state index in [0.717, 1.165) is 61.0 Å². The zero-order valence-electron chi connectivity index (χ0n) is 17.8. The van der Waals surface area contributed by atoms with Gasteiger partial charge in [0, 0.05) is 5.56 Å². The molecule has 1 aromatic carbocycles. The SMILES string of the molecule is CC(C)=CCCC(C)=CCC[C@@]1(C)CCc2c(C)c(O)c(C)c(C)c2O1. The van der Waals surface area contributed by atoms with Gasteiger partial charge in [0.2, 0.25) is 0 Å². The van der Waals surface area contributed by atoms with E-state index >= 15 is 0 Å². The van der Waals surface area contributed by atoms with Crippen LogP contribution in [-0.2, 0) is 6.42 Å². The lowest BCUT2D eigenvalue weighted by Gasteiger charge is -2.38. The molecule has 1 aromatic rings. The van der Waals surface area contributed by atoms with Gasteiger partial charge in [-0.3, -0.25) is 0 Å². The second kappa shape index (κ2) is 8.33. The van der Waals surface area contributed by atoms with Crippen LogP contribution in [0.3, 0.4) is 0 Å². The Bertz CT molecular complexity index is 720. The molecule has 1 N–H and O–H groups in total. The van der Waals surface area contributed by atoms with Gasteiger partial charge in [-0.05, 0) is 104 Å². The zero-order valence-corrected chi connectivity index (χ0v) is 17.8. The van der Waals surface area contributed by atoms with Gasteiger partial charge < -0.3 is 9.84 Å². The number of hydrogen-bond acceptors (Lipinski definition) is 2. The summed E-state index contributed by atoms with van der Waals surface area (Å²) in [6.45, 7) is 14.8. The molecule has 0 aliphatic carbocycles. The summed E-state index contributed by atoms with van der Waals surface area (Å²) in [5.41, 5.74) is 6.95. The van der Waals surface area contributed by atoms with Crippen molar-refractivity contribution in [2.75, 3.05) is 0 Å². The van der Waals surface area contributed by atoms with Crippen molar-refractivity contribution < 1.29 is 9.84 Å². The minimum atomic E-state index is -0.121. The summed E-state index contributed by atoms with van der Waals surface area (Å²) < 4.78 is 6.51. The van der Waals surface area contributed by atoms with E-state index in [4.69, 9.17) is 4.74 Å². The Morgan fingerprint density at radius 1 is 1.04 bits per heavy atom. The molecule has 2 heteroatoms. The third-order valence-corrected chi connectivity index (χ3v) is 5.85. The molecule has 0 saturated heterocycles. The maximum absolute atomic E-state index is 10.3. The molecular formula is C24H36O2. The first-order valence-electron chi connectivity index (χ1n) is 9.94. The molecule has 2 nitrogen and oxygen atoms in total. The normalized spacial score (nSPS) is 19.7. The van der Waals surface area contributed by atoms with Gasteiger partial charge in [0.25, 0.3) is 0 Å². The minimum Gasteiger partial charge on any atom is -0.507 e. The molecule has 0 spiro atoms. The number of aromatic hydroxyl groups is 1. The Morgan fingerprint density at radius 2 is 1.73 bits per heavy atom. The summed E-state index contributed by atoms with van der Waals surface area (Å²) in [6, 6.07) is 0. The summed E-state index contributed by atoms with van der Waals surface area (Å²) >= 11 is 0. The van der Waals surface area contributed by atoms with Crippen LogP contribution in [-0.4, -0.2) is 10.7 Å². The van der Waals surface area contributed by atoms with Crippen molar-refractivity contribution in [3.8, 4) is 11.5 Å².